The van der Waals surface area contributed by atoms with Crippen molar-refractivity contribution in [3.05, 3.63) is 0 Å². The van der Waals surface area contributed by atoms with Crippen LogP contribution in [0.2, 0.25) is 0 Å². The third-order valence-electron chi connectivity index (χ3n) is 3.02. The van der Waals surface area contributed by atoms with Gasteiger partial charge in [0.15, 0.2) is 0 Å². The van der Waals surface area contributed by atoms with E-state index in [0.717, 1.165) is 32.6 Å². The molecule has 2 rings (SSSR count). The number of fused-ring (bicyclic) bond motifs is 2. The molecule has 74 valence electrons. The Labute approximate surface area is 78.7 Å². The summed E-state index contributed by atoms with van der Waals surface area (Å²) in [7, 11) is 0. The topological polar surface area (TPSA) is 49.6 Å². The number of carbonyl (C=O) groups is 1. The summed E-state index contributed by atoms with van der Waals surface area (Å²) in [5.41, 5.74) is 5.59. The van der Waals surface area contributed by atoms with E-state index in [4.69, 9.17) is 5.73 Å². The Kier molecular flexibility index (Phi) is 2.26. The molecule has 2 bridgehead atoms. The van der Waals surface area contributed by atoms with Crippen molar-refractivity contribution in [2.45, 2.75) is 25.4 Å². The zero-order valence-electron chi connectivity index (χ0n) is 8.07. The number of hydrogen-bond acceptors (Lipinski definition) is 3. The fourth-order valence-electron chi connectivity index (χ4n) is 2.25. The molecule has 2 aliphatic rings. The molecular formula is C9H17N3O. The lowest BCUT2D eigenvalue weighted by molar-refractivity contribution is -0.135. The largest absolute Gasteiger partial charge is 0.336 e. The fourth-order valence-corrected chi connectivity index (χ4v) is 2.25. The van der Waals surface area contributed by atoms with Crippen LogP contribution in [-0.4, -0.2) is 54.0 Å². The first-order chi connectivity index (χ1) is 6.18. The number of rotatable bonds is 1. The van der Waals surface area contributed by atoms with Gasteiger partial charge < -0.3 is 10.6 Å². The summed E-state index contributed by atoms with van der Waals surface area (Å²) in [6, 6.07) is 0.0967. The van der Waals surface area contributed by atoms with Crippen molar-refractivity contribution in [2.24, 2.45) is 5.73 Å². The highest BCUT2D eigenvalue weighted by Crippen LogP contribution is 2.20. The van der Waals surface area contributed by atoms with E-state index in [0.29, 0.717) is 6.04 Å². The molecule has 4 nitrogen and oxygen atoms in total. The summed E-state index contributed by atoms with van der Waals surface area (Å²) in [6.07, 6.45) is 1.12. The fraction of sp³-hybridized carbons (Fsp3) is 0.889. The van der Waals surface area contributed by atoms with Gasteiger partial charge in [-0.3, -0.25) is 9.69 Å². The van der Waals surface area contributed by atoms with Crippen molar-refractivity contribution in [3.63, 3.8) is 0 Å². The minimum absolute atomic E-state index is 0.117. The average molecular weight is 183 g/mol. The van der Waals surface area contributed by atoms with E-state index in [1.165, 1.54) is 0 Å². The van der Waals surface area contributed by atoms with Crippen molar-refractivity contribution < 1.29 is 4.79 Å². The number of nitrogens with zero attached hydrogens (tertiary/aromatic N) is 2. The number of nitrogens with two attached hydrogens (primary N) is 1. The molecule has 2 heterocycles. The zero-order chi connectivity index (χ0) is 9.42. The van der Waals surface area contributed by atoms with Gasteiger partial charge in [0, 0.05) is 32.2 Å². The van der Waals surface area contributed by atoms with Crippen LogP contribution < -0.4 is 5.73 Å². The summed E-state index contributed by atoms with van der Waals surface area (Å²) < 4.78 is 0. The summed E-state index contributed by atoms with van der Waals surface area (Å²) in [6.45, 7) is 5.86. The molecule has 1 amide bonds. The van der Waals surface area contributed by atoms with Gasteiger partial charge in [0.25, 0.3) is 0 Å². The van der Waals surface area contributed by atoms with Crippen molar-refractivity contribution in [2.75, 3.05) is 26.2 Å². The Morgan fingerprint density at radius 2 is 2.23 bits per heavy atom. The molecule has 0 aromatic heterocycles. The van der Waals surface area contributed by atoms with Crippen LogP contribution in [0.25, 0.3) is 0 Å². The van der Waals surface area contributed by atoms with Gasteiger partial charge in [0.1, 0.15) is 0 Å². The number of amides is 1. The SMILES string of the molecule is C[C@H](N)C(=O)N1CCN2CCC1C2. The Hall–Kier alpha value is -0.610. The van der Waals surface area contributed by atoms with Crippen LogP contribution in [0.5, 0.6) is 0 Å². The molecule has 0 spiro atoms. The van der Waals surface area contributed by atoms with Crippen molar-refractivity contribution in [1.82, 2.24) is 9.80 Å². The van der Waals surface area contributed by atoms with Gasteiger partial charge in [-0.1, -0.05) is 0 Å². The van der Waals surface area contributed by atoms with Gasteiger partial charge in [0.05, 0.1) is 6.04 Å². The Bertz CT molecular complexity index is 217. The molecule has 0 saturated carbocycles. The first-order valence-electron chi connectivity index (χ1n) is 4.97. The summed E-state index contributed by atoms with van der Waals surface area (Å²) >= 11 is 0. The van der Waals surface area contributed by atoms with Crippen molar-refractivity contribution >= 4 is 5.91 Å². The van der Waals surface area contributed by atoms with Crippen molar-refractivity contribution in [1.29, 1.82) is 0 Å². The van der Waals surface area contributed by atoms with Crippen LogP contribution in [0.1, 0.15) is 13.3 Å². The molecule has 13 heavy (non-hydrogen) atoms. The Morgan fingerprint density at radius 3 is 2.92 bits per heavy atom. The van der Waals surface area contributed by atoms with Gasteiger partial charge >= 0.3 is 0 Å². The maximum atomic E-state index is 11.7. The summed E-state index contributed by atoms with van der Waals surface area (Å²) in [5.74, 6) is 0.117. The highest BCUT2D eigenvalue weighted by atomic mass is 16.2. The molecular weight excluding hydrogens is 166 g/mol. The highest BCUT2D eigenvalue weighted by Gasteiger charge is 2.35. The minimum Gasteiger partial charge on any atom is -0.336 e. The third-order valence-corrected chi connectivity index (χ3v) is 3.02. The number of carbonyl (C=O) groups excluding carboxylic acids is 1. The molecule has 2 unspecified atom stereocenters. The van der Waals surface area contributed by atoms with Gasteiger partial charge in [-0.25, -0.2) is 0 Å². The Balaban J connectivity index is 2.03. The van der Waals surface area contributed by atoms with E-state index in [2.05, 4.69) is 4.90 Å². The predicted molar refractivity (Wildman–Crippen MR) is 50.2 cm³/mol. The smallest absolute Gasteiger partial charge is 0.239 e. The van der Waals surface area contributed by atoms with Crippen LogP contribution in [0.4, 0.5) is 0 Å². The van der Waals surface area contributed by atoms with E-state index in [-0.39, 0.29) is 11.9 Å². The summed E-state index contributed by atoms with van der Waals surface area (Å²) in [4.78, 5) is 16.0. The lowest BCUT2D eigenvalue weighted by Gasteiger charge is -2.35. The second-order valence-corrected chi connectivity index (χ2v) is 4.06. The molecule has 0 aliphatic carbocycles. The quantitative estimate of drug-likeness (QED) is 0.582. The first-order valence-corrected chi connectivity index (χ1v) is 4.97. The molecule has 0 aromatic carbocycles. The maximum Gasteiger partial charge on any atom is 0.239 e. The monoisotopic (exact) mass is 183 g/mol. The van der Waals surface area contributed by atoms with Crippen LogP contribution in [0.3, 0.4) is 0 Å². The molecule has 2 aliphatic heterocycles. The lowest BCUT2D eigenvalue weighted by Crippen LogP contribution is -2.53. The molecule has 0 aromatic rings. The van der Waals surface area contributed by atoms with Gasteiger partial charge in [-0.05, 0) is 13.3 Å². The molecule has 2 saturated heterocycles. The molecule has 4 heteroatoms. The van der Waals surface area contributed by atoms with Gasteiger partial charge in [-0.15, -0.1) is 0 Å². The van der Waals surface area contributed by atoms with Crippen LogP contribution in [-0.2, 0) is 4.79 Å². The minimum atomic E-state index is -0.341. The molecule has 2 N–H and O–H groups in total. The summed E-state index contributed by atoms with van der Waals surface area (Å²) in [5, 5.41) is 0. The first kappa shape index (κ1) is 8.97. The lowest BCUT2D eigenvalue weighted by atomic mass is 10.1. The standard InChI is InChI=1S/C9H17N3O/c1-7(10)9(13)12-5-4-11-3-2-8(12)6-11/h7-8H,2-6,10H2,1H3/t7-,8?/m0/s1. The number of piperazine rings is 1. The van der Waals surface area contributed by atoms with E-state index in [9.17, 15) is 4.79 Å². The zero-order valence-corrected chi connectivity index (χ0v) is 8.07. The van der Waals surface area contributed by atoms with E-state index in [1.807, 2.05) is 4.90 Å². The van der Waals surface area contributed by atoms with E-state index < -0.39 is 0 Å². The highest BCUT2D eigenvalue weighted by molar-refractivity contribution is 5.81. The van der Waals surface area contributed by atoms with E-state index in [1.54, 1.807) is 6.92 Å². The molecule has 3 atom stereocenters. The predicted octanol–water partition coefficient (Wildman–Crippen LogP) is -0.750. The van der Waals surface area contributed by atoms with Crippen LogP contribution in [0.15, 0.2) is 0 Å². The number of hydrogen-bond donors (Lipinski definition) is 1. The molecule has 2 fully saturated rings. The van der Waals surface area contributed by atoms with Crippen molar-refractivity contribution in [3.8, 4) is 0 Å². The Morgan fingerprint density at radius 1 is 1.46 bits per heavy atom. The third kappa shape index (κ3) is 1.56. The second kappa shape index (κ2) is 3.27. The van der Waals surface area contributed by atoms with E-state index >= 15 is 0 Å². The average Bonchev–Trinajstić information content (AvgIpc) is 2.47. The normalized spacial score (nSPS) is 34.8. The van der Waals surface area contributed by atoms with Crippen LogP contribution >= 0.6 is 0 Å². The van der Waals surface area contributed by atoms with Gasteiger partial charge in [0.2, 0.25) is 5.91 Å². The molecule has 0 radical (unpaired) electrons. The maximum absolute atomic E-state index is 11.7. The second-order valence-electron chi connectivity index (χ2n) is 4.06. The van der Waals surface area contributed by atoms with Gasteiger partial charge in [-0.2, -0.15) is 0 Å². The van der Waals surface area contributed by atoms with Crippen LogP contribution in [0, 0.1) is 0 Å².